The predicted molar refractivity (Wildman–Crippen MR) is 267 cm³/mol. The standard InChI is InChI=1S/C62H40/c1-3-15-41(16-4-1)49-33-51(37-53(35-49)61-39-46-19-7-9-21-55(46)57-23-11-13-25-59(57)61)44-29-27-43-28-30-45(32-48(43)31-44)52-34-50(42-17-5-2-6-18-42)36-54(38-52)62-40-47-20-8-10-22-56(47)58-24-12-14-26-60(58)62/h1-40H. The van der Waals surface area contributed by atoms with Crippen molar-refractivity contribution in [2.24, 2.45) is 0 Å². The van der Waals surface area contributed by atoms with Crippen molar-refractivity contribution in [1.82, 2.24) is 0 Å². The quantitative estimate of drug-likeness (QED) is 0.147. The highest BCUT2D eigenvalue weighted by atomic mass is 14.2. The van der Waals surface area contributed by atoms with Gasteiger partial charge in [-0.1, -0.05) is 182 Å². The second kappa shape index (κ2) is 14.9. The van der Waals surface area contributed by atoms with Gasteiger partial charge in [-0.15, -0.1) is 0 Å². The van der Waals surface area contributed by atoms with E-state index in [1.54, 1.807) is 0 Å². The van der Waals surface area contributed by atoms with Crippen LogP contribution in [0.2, 0.25) is 0 Å². The number of hydrogen-bond acceptors (Lipinski definition) is 0. The molecule has 0 unspecified atom stereocenters. The summed E-state index contributed by atoms with van der Waals surface area (Å²) >= 11 is 0. The minimum absolute atomic E-state index is 1.19. The summed E-state index contributed by atoms with van der Waals surface area (Å²) in [6.07, 6.45) is 0. The van der Waals surface area contributed by atoms with Gasteiger partial charge in [-0.2, -0.15) is 0 Å². The molecule has 0 saturated heterocycles. The lowest BCUT2D eigenvalue weighted by molar-refractivity contribution is 1.58. The molecule has 62 heavy (non-hydrogen) atoms. The molecule has 0 aliphatic heterocycles. The van der Waals surface area contributed by atoms with E-state index in [0.29, 0.717) is 0 Å². The number of rotatable bonds is 6. The van der Waals surface area contributed by atoms with Gasteiger partial charge in [0.1, 0.15) is 0 Å². The minimum atomic E-state index is 1.19. The third kappa shape index (κ3) is 6.33. The van der Waals surface area contributed by atoms with Crippen molar-refractivity contribution in [1.29, 1.82) is 0 Å². The van der Waals surface area contributed by atoms with Gasteiger partial charge in [0, 0.05) is 0 Å². The zero-order valence-electron chi connectivity index (χ0n) is 34.1. The van der Waals surface area contributed by atoms with Crippen molar-refractivity contribution in [3.8, 4) is 66.8 Å². The van der Waals surface area contributed by atoms with Gasteiger partial charge in [0.2, 0.25) is 0 Å². The maximum absolute atomic E-state index is 2.39. The van der Waals surface area contributed by atoms with E-state index in [1.807, 2.05) is 0 Å². The molecule has 0 bridgehead atoms. The highest BCUT2D eigenvalue weighted by molar-refractivity contribution is 6.15. The molecular weight excluding hydrogens is 745 g/mol. The first-order valence-electron chi connectivity index (χ1n) is 21.5. The summed E-state index contributed by atoms with van der Waals surface area (Å²) in [6, 6.07) is 89.6. The summed E-state index contributed by atoms with van der Waals surface area (Å²) < 4.78 is 0. The maximum Gasteiger partial charge on any atom is -0.00986 e. The first-order chi connectivity index (χ1) is 30.7. The SMILES string of the molecule is c1ccc(-c2cc(-c3ccc4ccc(-c5cc(-c6ccccc6)cc(-c6cc7ccccc7c7ccccc67)c5)cc4c3)cc(-c3cc4ccccc4c4ccccc34)c2)cc1. The van der Waals surface area contributed by atoms with E-state index in [0.717, 1.165) is 0 Å². The zero-order valence-corrected chi connectivity index (χ0v) is 34.1. The molecule has 0 N–H and O–H groups in total. The lowest BCUT2D eigenvalue weighted by atomic mass is 9.88. The molecule has 0 radical (unpaired) electrons. The van der Waals surface area contributed by atoms with Crippen LogP contribution in [-0.4, -0.2) is 0 Å². The van der Waals surface area contributed by atoms with Crippen molar-refractivity contribution in [2.75, 3.05) is 0 Å². The van der Waals surface area contributed by atoms with Crippen LogP contribution < -0.4 is 0 Å². The highest BCUT2D eigenvalue weighted by Crippen LogP contribution is 2.42. The van der Waals surface area contributed by atoms with Gasteiger partial charge in [0.15, 0.2) is 0 Å². The second-order valence-corrected chi connectivity index (χ2v) is 16.5. The molecule has 0 amide bonds. The molecule has 288 valence electrons. The monoisotopic (exact) mass is 784 g/mol. The third-order valence-electron chi connectivity index (χ3n) is 12.7. The van der Waals surface area contributed by atoms with Gasteiger partial charge in [-0.3, -0.25) is 0 Å². The molecule has 0 saturated carbocycles. The summed E-state index contributed by atoms with van der Waals surface area (Å²) in [7, 11) is 0. The molecule has 0 aliphatic carbocycles. The Bertz CT molecular complexity index is 3430. The molecule has 0 heterocycles. The van der Waals surface area contributed by atoms with Crippen LogP contribution in [0, 0.1) is 0 Å². The van der Waals surface area contributed by atoms with E-state index in [9.17, 15) is 0 Å². The van der Waals surface area contributed by atoms with E-state index in [2.05, 4.69) is 243 Å². The predicted octanol–water partition coefficient (Wildman–Crippen LogP) is 17.5. The average molecular weight is 785 g/mol. The molecule has 0 atom stereocenters. The Morgan fingerprint density at radius 3 is 0.919 bits per heavy atom. The normalized spacial score (nSPS) is 11.5. The maximum atomic E-state index is 2.39. The summed E-state index contributed by atoms with van der Waals surface area (Å²) in [6.45, 7) is 0. The number of benzene rings is 12. The summed E-state index contributed by atoms with van der Waals surface area (Å²) in [4.78, 5) is 0. The van der Waals surface area contributed by atoms with Crippen LogP contribution in [0.1, 0.15) is 0 Å². The van der Waals surface area contributed by atoms with Gasteiger partial charge in [0.05, 0.1) is 0 Å². The molecule has 0 heteroatoms. The average Bonchev–Trinajstić information content (AvgIpc) is 3.35. The fourth-order valence-corrected chi connectivity index (χ4v) is 9.69. The van der Waals surface area contributed by atoms with Gasteiger partial charge in [0.25, 0.3) is 0 Å². The fourth-order valence-electron chi connectivity index (χ4n) is 9.69. The zero-order chi connectivity index (χ0) is 41.0. The molecule has 12 aromatic rings. The van der Waals surface area contributed by atoms with Crippen molar-refractivity contribution in [3.63, 3.8) is 0 Å². The van der Waals surface area contributed by atoms with E-state index in [-0.39, 0.29) is 0 Å². The summed E-state index contributed by atoms with van der Waals surface area (Å²) in [5.74, 6) is 0. The van der Waals surface area contributed by atoms with Crippen LogP contribution in [-0.2, 0) is 0 Å². The van der Waals surface area contributed by atoms with Gasteiger partial charge < -0.3 is 0 Å². The fraction of sp³-hybridized carbons (Fsp3) is 0. The van der Waals surface area contributed by atoms with Crippen molar-refractivity contribution in [3.05, 3.63) is 243 Å². The van der Waals surface area contributed by atoms with Crippen LogP contribution in [0.4, 0.5) is 0 Å². The minimum Gasteiger partial charge on any atom is -0.0622 e. The summed E-state index contributed by atoms with van der Waals surface area (Å²) in [5.41, 5.74) is 14.5. The van der Waals surface area contributed by atoms with Crippen LogP contribution in [0.3, 0.4) is 0 Å². The van der Waals surface area contributed by atoms with Crippen LogP contribution in [0.25, 0.3) is 121 Å². The second-order valence-electron chi connectivity index (χ2n) is 16.5. The summed E-state index contributed by atoms with van der Waals surface area (Å²) in [5, 5.41) is 12.6. The molecule has 12 rings (SSSR count). The molecular formula is C62H40. The largest absolute Gasteiger partial charge is 0.0622 e. The number of fused-ring (bicyclic) bond motifs is 7. The molecule has 0 aromatic heterocycles. The topological polar surface area (TPSA) is 0 Å². The van der Waals surface area contributed by atoms with E-state index >= 15 is 0 Å². The third-order valence-corrected chi connectivity index (χ3v) is 12.7. The van der Waals surface area contributed by atoms with Gasteiger partial charge in [-0.25, -0.2) is 0 Å². The Hall–Kier alpha value is -8.06. The van der Waals surface area contributed by atoms with E-state index in [1.165, 1.54) is 121 Å². The first kappa shape index (κ1) is 35.8. The van der Waals surface area contributed by atoms with Crippen LogP contribution in [0.15, 0.2) is 243 Å². The first-order valence-corrected chi connectivity index (χ1v) is 21.5. The van der Waals surface area contributed by atoms with Crippen molar-refractivity contribution in [2.45, 2.75) is 0 Å². The molecule has 0 spiro atoms. The van der Waals surface area contributed by atoms with Crippen LogP contribution >= 0.6 is 0 Å². The lowest BCUT2D eigenvalue weighted by Gasteiger charge is -2.16. The Morgan fingerprint density at radius 2 is 0.484 bits per heavy atom. The molecule has 0 nitrogen and oxygen atoms in total. The Labute approximate surface area is 361 Å². The van der Waals surface area contributed by atoms with E-state index in [4.69, 9.17) is 0 Å². The highest BCUT2D eigenvalue weighted by Gasteiger charge is 2.15. The molecule has 12 aromatic carbocycles. The van der Waals surface area contributed by atoms with E-state index < -0.39 is 0 Å². The molecule has 0 aliphatic rings. The Balaban J connectivity index is 1.03. The van der Waals surface area contributed by atoms with Gasteiger partial charge in [-0.05, 0) is 181 Å². The Morgan fingerprint density at radius 1 is 0.145 bits per heavy atom. The lowest BCUT2D eigenvalue weighted by Crippen LogP contribution is -1.89. The smallest absolute Gasteiger partial charge is 0.00986 e. The molecule has 0 fully saturated rings. The Kier molecular flexibility index (Phi) is 8.61. The number of hydrogen-bond donors (Lipinski definition) is 0. The van der Waals surface area contributed by atoms with Crippen molar-refractivity contribution >= 4 is 53.9 Å². The van der Waals surface area contributed by atoms with Crippen molar-refractivity contribution < 1.29 is 0 Å². The van der Waals surface area contributed by atoms with Gasteiger partial charge >= 0.3 is 0 Å². The van der Waals surface area contributed by atoms with Crippen LogP contribution in [0.5, 0.6) is 0 Å².